The number of aromatic nitrogens is 4. The van der Waals surface area contributed by atoms with Gasteiger partial charge in [-0.15, -0.1) is 11.6 Å². The standard InChI is InChI=1S/C15H14ClN5/c1-10-14-15(20(2)19-10)21(13(7-16)18-14)9-12-5-3-11(8-17)4-6-12/h3-6H,7,9H2,1-2H3. The molecule has 21 heavy (non-hydrogen) atoms. The zero-order chi connectivity index (χ0) is 15.0. The molecule has 0 unspecified atom stereocenters. The van der Waals surface area contributed by atoms with Crippen molar-refractivity contribution in [3.05, 3.63) is 46.9 Å². The number of halogens is 1. The van der Waals surface area contributed by atoms with E-state index in [-0.39, 0.29) is 0 Å². The molecule has 0 aliphatic rings. The van der Waals surface area contributed by atoms with Crippen molar-refractivity contribution in [2.24, 2.45) is 7.05 Å². The molecule has 0 radical (unpaired) electrons. The van der Waals surface area contributed by atoms with Crippen LogP contribution in [0, 0.1) is 18.3 Å². The molecule has 5 nitrogen and oxygen atoms in total. The quantitative estimate of drug-likeness (QED) is 0.699. The molecular weight excluding hydrogens is 286 g/mol. The van der Waals surface area contributed by atoms with Crippen LogP contribution >= 0.6 is 11.6 Å². The van der Waals surface area contributed by atoms with Crippen molar-refractivity contribution in [1.82, 2.24) is 19.3 Å². The van der Waals surface area contributed by atoms with Gasteiger partial charge in [0, 0.05) is 7.05 Å². The summed E-state index contributed by atoms with van der Waals surface area (Å²) >= 11 is 6.02. The zero-order valence-corrected chi connectivity index (χ0v) is 12.6. The molecule has 0 saturated carbocycles. The number of hydrogen-bond acceptors (Lipinski definition) is 3. The van der Waals surface area contributed by atoms with E-state index in [9.17, 15) is 0 Å². The normalized spacial score (nSPS) is 11.0. The number of alkyl halides is 1. The van der Waals surface area contributed by atoms with Gasteiger partial charge in [0.05, 0.1) is 29.8 Å². The number of benzene rings is 1. The van der Waals surface area contributed by atoms with E-state index in [1.807, 2.05) is 42.9 Å². The monoisotopic (exact) mass is 299 g/mol. The molecule has 0 aliphatic heterocycles. The second-order valence-corrected chi connectivity index (χ2v) is 5.21. The van der Waals surface area contributed by atoms with Gasteiger partial charge >= 0.3 is 0 Å². The van der Waals surface area contributed by atoms with E-state index >= 15 is 0 Å². The van der Waals surface area contributed by atoms with Crippen LogP contribution in [0.3, 0.4) is 0 Å². The molecule has 1 aromatic carbocycles. The molecule has 0 atom stereocenters. The minimum absolute atomic E-state index is 0.352. The summed E-state index contributed by atoms with van der Waals surface area (Å²) < 4.78 is 3.90. The largest absolute Gasteiger partial charge is 0.307 e. The average Bonchev–Trinajstić information content (AvgIpc) is 2.99. The lowest BCUT2D eigenvalue weighted by molar-refractivity contribution is 0.702. The molecule has 106 valence electrons. The number of fused-ring (bicyclic) bond motifs is 1. The summed E-state index contributed by atoms with van der Waals surface area (Å²) in [7, 11) is 1.91. The second-order valence-electron chi connectivity index (χ2n) is 4.94. The van der Waals surface area contributed by atoms with Crippen molar-refractivity contribution in [2.75, 3.05) is 0 Å². The highest BCUT2D eigenvalue weighted by Crippen LogP contribution is 2.21. The first-order valence-corrected chi connectivity index (χ1v) is 7.11. The summed E-state index contributed by atoms with van der Waals surface area (Å²) in [6.45, 7) is 2.60. The molecule has 2 aromatic heterocycles. The van der Waals surface area contributed by atoms with Crippen LogP contribution in [0.4, 0.5) is 0 Å². The van der Waals surface area contributed by atoms with Crippen molar-refractivity contribution < 1.29 is 0 Å². The third-order valence-corrected chi connectivity index (χ3v) is 3.75. The maximum absolute atomic E-state index is 8.85. The minimum Gasteiger partial charge on any atom is -0.307 e. The highest BCUT2D eigenvalue weighted by Gasteiger charge is 2.16. The number of hydrogen-bond donors (Lipinski definition) is 0. The van der Waals surface area contributed by atoms with Crippen molar-refractivity contribution in [3.8, 4) is 6.07 Å². The summed E-state index contributed by atoms with van der Waals surface area (Å²) in [5.74, 6) is 1.18. The second kappa shape index (κ2) is 5.23. The third-order valence-electron chi connectivity index (χ3n) is 3.51. The van der Waals surface area contributed by atoms with Crippen LogP contribution in [-0.2, 0) is 19.5 Å². The van der Waals surface area contributed by atoms with E-state index in [1.54, 1.807) is 0 Å². The first-order chi connectivity index (χ1) is 10.1. The fourth-order valence-corrected chi connectivity index (χ4v) is 2.72. The Morgan fingerprint density at radius 1 is 1.29 bits per heavy atom. The smallest absolute Gasteiger partial charge is 0.159 e. The van der Waals surface area contributed by atoms with Gasteiger partial charge in [-0.2, -0.15) is 10.4 Å². The Bertz CT molecular complexity index is 836. The maximum Gasteiger partial charge on any atom is 0.159 e. The molecular formula is C15H14ClN5. The van der Waals surface area contributed by atoms with Crippen molar-refractivity contribution >= 4 is 22.8 Å². The summed E-state index contributed by atoms with van der Waals surface area (Å²) in [5, 5.41) is 13.3. The van der Waals surface area contributed by atoms with Gasteiger partial charge in [0.2, 0.25) is 0 Å². The summed E-state index contributed by atoms with van der Waals surface area (Å²) in [5.41, 5.74) is 4.51. The van der Waals surface area contributed by atoms with E-state index in [1.165, 1.54) is 0 Å². The zero-order valence-electron chi connectivity index (χ0n) is 11.8. The molecule has 0 N–H and O–H groups in total. The van der Waals surface area contributed by atoms with Gasteiger partial charge in [0.15, 0.2) is 5.65 Å². The van der Waals surface area contributed by atoms with Crippen LogP contribution in [0.5, 0.6) is 0 Å². The van der Waals surface area contributed by atoms with E-state index in [0.29, 0.717) is 18.0 Å². The van der Waals surface area contributed by atoms with Gasteiger partial charge in [0.25, 0.3) is 0 Å². The topological polar surface area (TPSA) is 59.4 Å². The molecule has 0 saturated heterocycles. The Morgan fingerprint density at radius 3 is 2.62 bits per heavy atom. The number of aryl methyl sites for hydroxylation is 2. The highest BCUT2D eigenvalue weighted by atomic mass is 35.5. The molecule has 2 heterocycles. The Balaban J connectivity index is 2.08. The van der Waals surface area contributed by atoms with E-state index in [0.717, 1.165) is 28.2 Å². The first-order valence-electron chi connectivity index (χ1n) is 6.57. The van der Waals surface area contributed by atoms with Crippen LogP contribution < -0.4 is 0 Å². The summed E-state index contributed by atoms with van der Waals surface area (Å²) in [4.78, 5) is 4.58. The highest BCUT2D eigenvalue weighted by molar-refractivity contribution is 6.16. The number of nitrogens with zero attached hydrogens (tertiary/aromatic N) is 5. The third kappa shape index (κ3) is 2.28. The van der Waals surface area contributed by atoms with Crippen LogP contribution in [0.1, 0.15) is 22.6 Å². The van der Waals surface area contributed by atoms with Crippen molar-refractivity contribution in [1.29, 1.82) is 5.26 Å². The van der Waals surface area contributed by atoms with Crippen LogP contribution in [0.2, 0.25) is 0 Å². The predicted octanol–water partition coefficient (Wildman–Crippen LogP) is 2.74. The Morgan fingerprint density at radius 2 is 2.00 bits per heavy atom. The van der Waals surface area contributed by atoms with Crippen LogP contribution in [0.15, 0.2) is 24.3 Å². The van der Waals surface area contributed by atoms with E-state index in [4.69, 9.17) is 16.9 Å². The first kappa shape index (κ1) is 13.7. The fraction of sp³-hybridized carbons (Fsp3) is 0.267. The fourth-order valence-electron chi connectivity index (χ4n) is 2.52. The molecule has 3 aromatic rings. The Kier molecular flexibility index (Phi) is 3.40. The maximum atomic E-state index is 8.85. The lowest BCUT2D eigenvalue weighted by Gasteiger charge is -2.08. The van der Waals surface area contributed by atoms with Gasteiger partial charge in [-0.1, -0.05) is 12.1 Å². The van der Waals surface area contributed by atoms with E-state index in [2.05, 4.69) is 20.7 Å². The van der Waals surface area contributed by atoms with Gasteiger partial charge in [-0.3, -0.25) is 4.68 Å². The van der Waals surface area contributed by atoms with Crippen LogP contribution in [-0.4, -0.2) is 19.3 Å². The SMILES string of the molecule is Cc1nn(C)c2c1nc(CCl)n2Cc1ccc(C#N)cc1. The Labute approximate surface area is 127 Å². The Hall–Kier alpha value is -2.32. The number of rotatable bonds is 3. The van der Waals surface area contributed by atoms with Crippen molar-refractivity contribution in [2.45, 2.75) is 19.3 Å². The molecule has 0 amide bonds. The molecule has 0 spiro atoms. The lowest BCUT2D eigenvalue weighted by atomic mass is 10.1. The lowest BCUT2D eigenvalue weighted by Crippen LogP contribution is -2.07. The summed E-state index contributed by atoms with van der Waals surface area (Å²) in [6, 6.07) is 9.66. The molecule has 0 fully saturated rings. The molecule has 0 bridgehead atoms. The molecule has 6 heteroatoms. The van der Waals surface area contributed by atoms with Gasteiger partial charge in [-0.25, -0.2) is 4.98 Å². The van der Waals surface area contributed by atoms with Gasteiger partial charge in [-0.05, 0) is 24.6 Å². The summed E-state index contributed by atoms with van der Waals surface area (Å²) in [6.07, 6.45) is 0. The molecule has 0 aliphatic carbocycles. The van der Waals surface area contributed by atoms with Crippen molar-refractivity contribution in [3.63, 3.8) is 0 Å². The van der Waals surface area contributed by atoms with Gasteiger partial charge in [0.1, 0.15) is 11.3 Å². The van der Waals surface area contributed by atoms with E-state index < -0.39 is 0 Å². The van der Waals surface area contributed by atoms with Gasteiger partial charge < -0.3 is 4.57 Å². The number of imidazole rings is 1. The number of nitriles is 1. The average molecular weight is 300 g/mol. The minimum atomic E-state index is 0.352. The predicted molar refractivity (Wildman–Crippen MR) is 81.1 cm³/mol. The van der Waals surface area contributed by atoms with Crippen LogP contribution in [0.25, 0.3) is 11.2 Å². The molecule has 3 rings (SSSR count).